The summed E-state index contributed by atoms with van der Waals surface area (Å²) in [4.78, 5) is 0.133. The minimum atomic E-state index is -4.24. The van der Waals surface area contributed by atoms with E-state index in [0.29, 0.717) is 0 Å². The lowest BCUT2D eigenvalue weighted by Crippen LogP contribution is -2.42. The Balaban J connectivity index is 2.11. The topological polar surface area (TPSA) is 37.4 Å². The first-order valence-electron chi connectivity index (χ1n) is 6.35. The Labute approximate surface area is 116 Å². The standard InChI is InChI=1S/C13H16F3NO2S/c1-10-2-4-12(5-3-10)20(18,19)17-8-6-11(7-9-17)13(14,15)16/h2-5,11H,6-9H2,1H3. The number of nitrogens with zero attached hydrogens (tertiary/aromatic N) is 1. The molecule has 0 aromatic heterocycles. The summed E-state index contributed by atoms with van der Waals surface area (Å²) in [5, 5.41) is 0. The highest BCUT2D eigenvalue weighted by Crippen LogP contribution is 2.35. The molecule has 1 aliphatic heterocycles. The average molecular weight is 307 g/mol. The molecular formula is C13H16F3NO2S. The van der Waals surface area contributed by atoms with Gasteiger partial charge in [-0.3, -0.25) is 0 Å². The molecule has 0 radical (unpaired) electrons. The molecule has 1 fully saturated rings. The lowest BCUT2D eigenvalue weighted by Gasteiger charge is -2.32. The Hall–Kier alpha value is -1.08. The molecule has 7 heteroatoms. The second-order valence-electron chi connectivity index (χ2n) is 5.03. The number of benzene rings is 1. The van der Waals surface area contributed by atoms with Gasteiger partial charge in [-0.15, -0.1) is 0 Å². The van der Waals surface area contributed by atoms with E-state index in [-0.39, 0.29) is 30.8 Å². The molecule has 0 N–H and O–H groups in total. The van der Waals surface area contributed by atoms with Gasteiger partial charge in [0.25, 0.3) is 0 Å². The molecule has 0 unspecified atom stereocenters. The second kappa shape index (κ2) is 5.37. The molecule has 112 valence electrons. The number of halogens is 3. The van der Waals surface area contributed by atoms with Gasteiger partial charge >= 0.3 is 6.18 Å². The van der Waals surface area contributed by atoms with Crippen molar-refractivity contribution in [2.24, 2.45) is 5.92 Å². The van der Waals surface area contributed by atoms with Crippen LogP contribution in [0.2, 0.25) is 0 Å². The Morgan fingerprint density at radius 1 is 1.10 bits per heavy atom. The minimum absolute atomic E-state index is 0.0829. The van der Waals surface area contributed by atoms with Crippen LogP contribution in [0.25, 0.3) is 0 Å². The number of hydrogen-bond acceptors (Lipinski definition) is 2. The van der Waals surface area contributed by atoms with Crippen molar-refractivity contribution in [2.75, 3.05) is 13.1 Å². The largest absolute Gasteiger partial charge is 0.391 e. The highest BCUT2D eigenvalue weighted by atomic mass is 32.2. The van der Waals surface area contributed by atoms with Crippen LogP contribution in [0.1, 0.15) is 18.4 Å². The van der Waals surface area contributed by atoms with E-state index < -0.39 is 22.1 Å². The summed E-state index contributed by atoms with van der Waals surface area (Å²) in [6.45, 7) is 1.67. The zero-order valence-electron chi connectivity index (χ0n) is 11.0. The summed E-state index contributed by atoms with van der Waals surface area (Å²) in [6, 6.07) is 6.33. The van der Waals surface area contributed by atoms with Gasteiger partial charge in [0.2, 0.25) is 10.0 Å². The van der Waals surface area contributed by atoms with Crippen LogP contribution in [-0.4, -0.2) is 32.0 Å². The van der Waals surface area contributed by atoms with Crippen LogP contribution in [0, 0.1) is 12.8 Å². The molecule has 1 saturated heterocycles. The zero-order valence-corrected chi connectivity index (χ0v) is 11.8. The molecule has 0 bridgehead atoms. The molecule has 1 aromatic carbocycles. The van der Waals surface area contributed by atoms with Crippen molar-refractivity contribution in [1.29, 1.82) is 0 Å². The van der Waals surface area contributed by atoms with Gasteiger partial charge in [-0.05, 0) is 31.9 Å². The fourth-order valence-corrected chi connectivity index (χ4v) is 3.75. The molecule has 1 aliphatic rings. The third-order valence-electron chi connectivity index (χ3n) is 3.58. The van der Waals surface area contributed by atoms with E-state index in [2.05, 4.69) is 0 Å². The van der Waals surface area contributed by atoms with Crippen LogP contribution in [-0.2, 0) is 10.0 Å². The highest BCUT2D eigenvalue weighted by molar-refractivity contribution is 7.89. The smallest absolute Gasteiger partial charge is 0.207 e. The van der Waals surface area contributed by atoms with Crippen LogP contribution in [0.15, 0.2) is 29.2 Å². The maximum Gasteiger partial charge on any atom is 0.391 e. The van der Waals surface area contributed by atoms with Crippen molar-refractivity contribution in [3.8, 4) is 0 Å². The van der Waals surface area contributed by atoms with Crippen molar-refractivity contribution in [2.45, 2.75) is 30.8 Å². The second-order valence-corrected chi connectivity index (χ2v) is 6.97. The molecule has 20 heavy (non-hydrogen) atoms. The summed E-state index contributed by atoms with van der Waals surface area (Å²) in [5.74, 6) is -1.40. The van der Waals surface area contributed by atoms with Crippen molar-refractivity contribution in [3.63, 3.8) is 0 Å². The van der Waals surface area contributed by atoms with Gasteiger partial charge in [-0.25, -0.2) is 8.42 Å². The van der Waals surface area contributed by atoms with E-state index in [9.17, 15) is 21.6 Å². The van der Waals surface area contributed by atoms with E-state index in [0.717, 1.165) is 9.87 Å². The quantitative estimate of drug-likeness (QED) is 0.842. The van der Waals surface area contributed by atoms with Gasteiger partial charge in [-0.1, -0.05) is 17.7 Å². The van der Waals surface area contributed by atoms with Gasteiger partial charge < -0.3 is 0 Å². The van der Waals surface area contributed by atoms with Crippen LogP contribution < -0.4 is 0 Å². The van der Waals surface area contributed by atoms with Gasteiger partial charge in [0.05, 0.1) is 10.8 Å². The van der Waals surface area contributed by atoms with E-state index in [1.54, 1.807) is 12.1 Å². The van der Waals surface area contributed by atoms with Crippen molar-refractivity contribution in [1.82, 2.24) is 4.31 Å². The Morgan fingerprint density at radius 2 is 1.60 bits per heavy atom. The Morgan fingerprint density at radius 3 is 2.05 bits per heavy atom. The molecule has 0 spiro atoms. The predicted octanol–water partition coefficient (Wildman–Crippen LogP) is 2.96. The van der Waals surface area contributed by atoms with E-state index >= 15 is 0 Å². The molecule has 0 saturated carbocycles. The molecule has 0 aliphatic carbocycles. The third-order valence-corrected chi connectivity index (χ3v) is 5.49. The fraction of sp³-hybridized carbons (Fsp3) is 0.538. The SMILES string of the molecule is Cc1ccc(S(=O)(=O)N2CCC(C(F)(F)F)CC2)cc1. The predicted molar refractivity (Wildman–Crippen MR) is 68.7 cm³/mol. The van der Waals surface area contributed by atoms with Gasteiger partial charge in [0.15, 0.2) is 0 Å². The summed E-state index contributed by atoms with van der Waals surface area (Å²) in [7, 11) is -3.68. The molecule has 0 amide bonds. The fourth-order valence-electron chi connectivity index (χ4n) is 2.28. The lowest BCUT2D eigenvalue weighted by molar-refractivity contribution is -0.182. The minimum Gasteiger partial charge on any atom is -0.207 e. The van der Waals surface area contributed by atoms with Crippen LogP contribution in [0.5, 0.6) is 0 Å². The number of alkyl halides is 3. The van der Waals surface area contributed by atoms with E-state index in [1.807, 2.05) is 6.92 Å². The van der Waals surface area contributed by atoms with E-state index in [1.165, 1.54) is 12.1 Å². The molecule has 0 atom stereocenters. The first-order chi connectivity index (χ1) is 9.21. The summed E-state index contributed by atoms with van der Waals surface area (Å²) in [6.07, 6.45) is -4.58. The summed E-state index contributed by atoms with van der Waals surface area (Å²) >= 11 is 0. The highest BCUT2D eigenvalue weighted by Gasteiger charge is 2.42. The maximum absolute atomic E-state index is 12.6. The van der Waals surface area contributed by atoms with E-state index in [4.69, 9.17) is 0 Å². The van der Waals surface area contributed by atoms with Crippen molar-refractivity contribution >= 4 is 10.0 Å². The number of piperidine rings is 1. The molecule has 1 heterocycles. The average Bonchev–Trinajstić information content (AvgIpc) is 2.38. The molecule has 1 aromatic rings. The number of aryl methyl sites for hydroxylation is 1. The van der Waals surface area contributed by atoms with Crippen LogP contribution in [0.4, 0.5) is 13.2 Å². The Kier molecular flexibility index (Phi) is 4.11. The normalized spacial score (nSPS) is 19.2. The molecule has 3 nitrogen and oxygen atoms in total. The number of sulfonamides is 1. The van der Waals surface area contributed by atoms with Crippen molar-refractivity contribution < 1.29 is 21.6 Å². The first-order valence-corrected chi connectivity index (χ1v) is 7.79. The van der Waals surface area contributed by atoms with Crippen molar-refractivity contribution in [3.05, 3.63) is 29.8 Å². The number of rotatable bonds is 2. The van der Waals surface area contributed by atoms with Gasteiger partial charge in [0.1, 0.15) is 0 Å². The third kappa shape index (κ3) is 3.15. The number of hydrogen-bond donors (Lipinski definition) is 0. The lowest BCUT2D eigenvalue weighted by atomic mass is 9.98. The summed E-state index contributed by atoms with van der Waals surface area (Å²) < 4.78 is 63.4. The van der Waals surface area contributed by atoms with Crippen LogP contribution >= 0.6 is 0 Å². The monoisotopic (exact) mass is 307 g/mol. The first kappa shape index (κ1) is 15.3. The van der Waals surface area contributed by atoms with Gasteiger partial charge in [0, 0.05) is 13.1 Å². The maximum atomic E-state index is 12.6. The Bertz CT molecular complexity index is 558. The zero-order chi connectivity index (χ0) is 15.0. The molecule has 2 rings (SSSR count). The molecular weight excluding hydrogens is 291 g/mol. The van der Waals surface area contributed by atoms with Gasteiger partial charge in [-0.2, -0.15) is 17.5 Å². The summed E-state index contributed by atoms with van der Waals surface area (Å²) in [5.41, 5.74) is 0.930. The van der Waals surface area contributed by atoms with Crippen LogP contribution in [0.3, 0.4) is 0 Å².